The van der Waals surface area contributed by atoms with Crippen LogP contribution in [0.5, 0.6) is 5.88 Å². The number of furan rings is 1. The van der Waals surface area contributed by atoms with Crippen LogP contribution in [0.15, 0.2) is 66.1 Å². The van der Waals surface area contributed by atoms with E-state index in [9.17, 15) is 9.90 Å². The van der Waals surface area contributed by atoms with Crippen LogP contribution in [0.1, 0.15) is 10.6 Å². The Balaban J connectivity index is 1.70. The summed E-state index contributed by atoms with van der Waals surface area (Å²) in [5, 5.41) is 19.0. The van der Waals surface area contributed by atoms with E-state index in [2.05, 4.69) is 47.1 Å². The predicted molar refractivity (Wildman–Crippen MR) is 100 cm³/mol. The number of hydrogen-bond acceptors (Lipinski definition) is 4. The van der Waals surface area contributed by atoms with Crippen LogP contribution < -0.4 is 0 Å². The molecule has 2 aromatic carbocycles. The van der Waals surface area contributed by atoms with Gasteiger partial charge in [0.05, 0.1) is 5.52 Å². The highest BCUT2D eigenvalue weighted by molar-refractivity contribution is 9.10. The number of nitrogens with one attached hydrogen (secondary N) is 1. The molecule has 25 heavy (non-hydrogen) atoms. The Morgan fingerprint density at radius 3 is 2.68 bits per heavy atom. The highest BCUT2D eigenvalue weighted by Crippen LogP contribution is 2.37. The first-order valence-electron chi connectivity index (χ1n) is 7.16. The van der Waals surface area contributed by atoms with Crippen molar-refractivity contribution in [1.29, 1.82) is 0 Å². The lowest BCUT2D eigenvalue weighted by atomic mass is 10.2. The summed E-state index contributed by atoms with van der Waals surface area (Å²) in [5.74, 6) is -0.702. The van der Waals surface area contributed by atoms with Gasteiger partial charge in [0.25, 0.3) is 0 Å². The van der Waals surface area contributed by atoms with Gasteiger partial charge in [0.2, 0.25) is 5.88 Å². The van der Waals surface area contributed by atoms with Crippen LogP contribution in [0.3, 0.4) is 0 Å². The zero-order valence-corrected chi connectivity index (χ0v) is 15.6. The molecule has 0 aliphatic carbocycles. The molecule has 4 rings (SSSR count). The second kappa shape index (κ2) is 6.12. The third kappa shape index (κ3) is 2.98. The number of aromatic nitrogens is 1. The fourth-order valence-electron chi connectivity index (χ4n) is 2.50. The number of hydrogen-bond donors (Lipinski definition) is 2. The molecule has 0 spiro atoms. The van der Waals surface area contributed by atoms with Crippen LogP contribution in [0.2, 0.25) is 0 Å². The average molecular weight is 463 g/mol. The first-order chi connectivity index (χ1) is 12.0. The second-order valence-corrected chi connectivity index (χ2v) is 7.14. The lowest BCUT2D eigenvalue weighted by Gasteiger charge is -1.92. The molecule has 0 aliphatic rings. The van der Waals surface area contributed by atoms with Gasteiger partial charge in [-0.1, -0.05) is 31.9 Å². The molecule has 2 aromatic heterocycles. The van der Waals surface area contributed by atoms with E-state index in [1.54, 1.807) is 24.3 Å². The van der Waals surface area contributed by atoms with Gasteiger partial charge >= 0.3 is 5.91 Å². The first-order valence-corrected chi connectivity index (χ1v) is 8.75. The number of aromatic amines is 1. The Morgan fingerprint density at radius 1 is 1.08 bits per heavy atom. The van der Waals surface area contributed by atoms with Crippen molar-refractivity contribution in [3.05, 3.63) is 57.2 Å². The smallest absolute Gasteiger partial charge is 0.331 e. The quantitative estimate of drug-likeness (QED) is 0.354. The van der Waals surface area contributed by atoms with Crippen LogP contribution in [-0.4, -0.2) is 16.0 Å². The lowest BCUT2D eigenvalue weighted by molar-refractivity contribution is 0.0970. The van der Waals surface area contributed by atoms with Crippen LogP contribution >= 0.6 is 31.9 Å². The van der Waals surface area contributed by atoms with Crippen molar-refractivity contribution < 1.29 is 14.3 Å². The number of nitrogens with zero attached hydrogens (tertiary/aromatic N) is 2. The number of aromatic hydroxyl groups is 1. The van der Waals surface area contributed by atoms with Crippen molar-refractivity contribution in [2.45, 2.75) is 0 Å². The summed E-state index contributed by atoms with van der Waals surface area (Å²) in [5.41, 5.74) is 1.47. The minimum atomic E-state index is -0.629. The molecular weight excluding hydrogens is 454 g/mol. The van der Waals surface area contributed by atoms with Crippen molar-refractivity contribution in [2.75, 3.05) is 0 Å². The van der Waals surface area contributed by atoms with Crippen molar-refractivity contribution in [3.8, 4) is 5.88 Å². The normalized spacial score (nSPS) is 11.8. The molecule has 2 N–H and O–H groups in total. The Labute approximate surface area is 157 Å². The Bertz CT molecular complexity index is 1160. The average Bonchev–Trinajstić information content (AvgIpc) is 3.12. The van der Waals surface area contributed by atoms with E-state index in [0.717, 1.165) is 14.3 Å². The SMILES string of the molecule is O=C(N=Nc1c(O)[nH]c2ccc(Br)cc12)c1cc2cc(Br)ccc2o1. The van der Waals surface area contributed by atoms with Gasteiger partial charge in [-0.05, 0) is 42.5 Å². The Kier molecular flexibility index (Phi) is 3.93. The summed E-state index contributed by atoms with van der Waals surface area (Å²) in [6.07, 6.45) is 0. The zero-order valence-electron chi connectivity index (χ0n) is 12.5. The summed E-state index contributed by atoms with van der Waals surface area (Å²) in [6.45, 7) is 0. The van der Waals surface area contributed by atoms with Gasteiger partial charge in [0.1, 0.15) is 5.58 Å². The number of fused-ring (bicyclic) bond motifs is 2. The number of carbonyl (C=O) groups is 1. The monoisotopic (exact) mass is 461 g/mol. The maximum atomic E-state index is 12.2. The van der Waals surface area contributed by atoms with Gasteiger partial charge in [0.15, 0.2) is 11.4 Å². The molecule has 0 unspecified atom stereocenters. The molecule has 0 radical (unpaired) electrons. The summed E-state index contributed by atoms with van der Waals surface area (Å²) in [7, 11) is 0. The number of halogens is 2. The van der Waals surface area contributed by atoms with Crippen molar-refractivity contribution in [3.63, 3.8) is 0 Å². The molecule has 6 nitrogen and oxygen atoms in total. The number of azo groups is 1. The van der Waals surface area contributed by atoms with E-state index in [0.29, 0.717) is 16.5 Å². The summed E-state index contributed by atoms with van der Waals surface area (Å²) in [4.78, 5) is 15.0. The maximum Gasteiger partial charge on any atom is 0.331 e. The third-order valence-electron chi connectivity index (χ3n) is 3.64. The number of carbonyl (C=O) groups excluding carboxylic acids is 1. The molecule has 124 valence electrons. The number of amides is 1. The van der Waals surface area contributed by atoms with E-state index < -0.39 is 5.91 Å². The first kappa shape index (κ1) is 16.0. The number of benzene rings is 2. The van der Waals surface area contributed by atoms with Gasteiger partial charge < -0.3 is 14.5 Å². The minimum absolute atomic E-state index is 0.0809. The number of H-pyrrole nitrogens is 1. The standard InChI is InChI=1S/C17H9Br2N3O3/c18-9-2-4-13-8(5-9)6-14(25-13)16(23)22-21-15-11-7-10(19)1-3-12(11)20-17(15)24/h1-7,20,24H. The van der Waals surface area contributed by atoms with E-state index in [1.165, 1.54) is 0 Å². The largest absolute Gasteiger partial charge is 0.493 e. The van der Waals surface area contributed by atoms with Crippen LogP contribution in [0, 0.1) is 0 Å². The van der Waals surface area contributed by atoms with Crippen molar-refractivity contribution in [1.82, 2.24) is 4.98 Å². The third-order valence-corrected chi connectivity index (χ3v) is 4.63. The molecular formula is C17H9Br2N3O3. The van der Waals surface area contributed by atoms with Gasteiger partial charge in [-0.25, -0.2) is 0 Å². The molecule has 0 fully saturated rings. The Morgan fingerprint density at radius 2 is 1.84 bits per heavy atom. The van der Waals surface area contributed by atoms with Crippen molar-refractivity contribution in [2.24, 2.45) is 10.2 Å². The molecule has 2 heterocycles. The lowest BCUT2D eigenvalue weighted by Crippen LogP contribution is -1.89. The van der Waals surface area contributed by atoms with Gasteiger partial charge in [-0.15, -0.1) is 10.2 Å². The fourth-order valence-corrected chi connectivity index (χ4v) is 3.24. The molecule has 0 aliphatic heterocycles. The summed E-state index contributed by atoms with van der Waals surface area (Å²) in [6, 6.07) is 12.4. The van der Waals surface area contributed by atoms with Crippen LogP contribution in [0.25, 0.3) is 21.9 Å². The van der Waals surface area contributed by atoms with E-state index in [1.807, 2.05) is 18.2 Å². The molecule has 4 aromatic rings. The minimum Gasteiger partial charge on any atom is -0.493 e. The number of rotatable bonds is 2. The van der Waals surface area contributed by atoms with E-state index in [4.69, 9.17) is 4.42 Å². The van der Waals surface area contributed by atoms with E-state index in [-0.39, 0.29) is 17.3 Å². The molecule has 0 bridgehead atoms. The van der Waals surface area contributed by atoms with Crippen LogP contribution in [-0.2, 0) is 0 Å². The second-order valence-electron chi connectivity index (χ2n) is 5.31. The molecule has 0 saturated carbocycles. The topological polar surface area (TPSA) is 91.0 Å². The molecule has 0 atom stereocenters. The van der Waals surface area contributed by atoms with Gasteiger partial charge in [0, 0.05) is 19.7 Å². The predicted octanol–water partition coefficient (Wildman–Crippen LogP) is 6.07. The molecule has 8 heteroatoms. The zero-order chi connectivity index (χ0) is 17.6. The van der Waals surface area contributed by atoms with Gasteiger partial charge in [-0.3, -0.25) is 4.79 Å². The Hall–Kier alpha value is -2.45. The highest BCUT2D eigenvalue weighted by Gasteiger charge is 2.14. The van der Waals surface area contributed by atoms with Crippen LogP contribution in [0.4, 0.5) is 5.69 Å². The van der Waals surface area contributed by atoms with Gasteiger partial charge in [-0.2, -0.15) is 0 Å². The summed E-state index contributed by atoms with van der Waals surface area (Å²) < 4.78 is 7.20. The fraction of sp³-hybridized carbons (Fsp3) is 0. The van der Waals surface area contributed by atoms with Crippen molar-refractivity contribution >= 4 is 65.3 Å². The highest BCUT2D eigenvalue weighted by atomic mass is 79.9. The van der Waals surface area contributed by atoms with E-state index >= 15 is 0 Å². The molecule has 0 saturated heterocycles. The summed E-state index contributed by atoms with van der Waals surface area (Å²) >= 11 is 6.73. The maximum absolute atomic E-state index is 12.2. The molecule has 1 amide bonds.